The van der Waals surface area contributed by atoms with Crippen molar-refractivity contribution in [2.75, 3.05) is 11.4 Å². The van der Waals surface area contributed by atoms with Crippen LogP contribution in [0.2, 0.25) is 0 Å². The number of rotatable bonds is 6. The van der Waals surface area contributed by atoms with Gasteiger partial charge in [-0.3, -0.25) is 4.57 Å². The molecule has 7 aromatic carbocycles. The number of benzene rings is 7. The van der Waals surface area contributed by atoms with Gasteiger partial charge in [0.15, 0.2) is 0 Å². The number of pyridine rings is 1. The summed E-state index contributed by atoms with van der Waals surface area (Å²) in [7, 11) is 0. The second kappa shape index (κ2) is 14.6. The van der Waals surface area contributed by atoms with Crippen LogP contribution in [-0.2, 0) is 0 Å². The molecular weight excluding hydrogens is 691 g/mol. The van der Waals surface area contributed by atoms with Crippen LogP contribution in [0.25, 0.3) is 77.8 Å². The van der Waals surface area contributed by atoms with E-state index in [1.807, 2.05) is 6.07 Å². The number of nitrogens with zero attached hydrogens (tertiary/aromatic N) is 3. The van der Waals surface area contributed by atoms with Gasteiger partial charge in [0.2, 0.25) is 0 Å². The minimum atomic E-state index is 0.742. The number of para-hydroxylation sites is 1. The van der Waals surface area contributed by atoms with Crippen LogP contribution >= 0.6 is 0 Å². The Kier molecular flexibility index (Phi) is 8.74. The summed E-state index contributed by atoms with van der Waals surface area (Å²) in [5, 5.41) is 2.37. The normalized spacial score (nSPS) is 13.8. The summed E-state index contributed by atoms with van der Waals surface area (Å²) >= 11 is 0. The van der Waals surface area contributed by atoms with E-state index in [0.29, 0.717) is 0 Å². The monoisotopic (exact) mass is 729 g/mol. The molecule has 0 unspecified atom stereocenters. The van der Waals surface area contributed by atoms with Crippen molar-refractivity contribution in [3.63, 3.8) is 0 Å². The van der Waals surface area contributed by atoms with E-state index in [1.165, 1.54) is 21.9 Å². The lowest BCUT2D eigenvalue weighted by Gasteiger charge is -2.27. The summed E-state index contributed by atoms with van der Waals surface area (Å²) < 4.78 is 2.32. The first kappa shape index (κ1) is 34.0. The lowest BCUT2D eigenvalue weighted by atomic mass is 9.96. The summed E-state index contributed by atoms with van der Waals surface area (Å²) in [6.07, 6.45) is 8.51. The Hall–Kier alpha value is -7.49. The second-order valence-electron chi connectivity index (χ2n) is 14.5. The van der Waals surface area contributed by atoms with E-state index in [2.05, 4.69) is 222 Å². The van der Waals surface area contributed by atoms with E-state index in [1.54, 1.807) is 0 Å². The van der Waals surface area contributed by atoms with Crippen LogP contribution in [0.3, 0.4) is 0 Å². The maximum atomic E-state index is 5.32. The smallest absolute Gasteiger partial charge is 0.138 e. The summed E-state index contributed by atoms with van der Waals surface area (Å²) in [6, 6.07) is 67.2. The maximum Gasteiger partial charge on any atom is 0.138 e. The molecule has 2 aromatic heterocycles. The molecule has 1 aliphatic heterocycles. The Labute approximate surface area is 333 Å². The van der Waals surface area contributed by atoms with Crippen molar-refractivity contribution in [1.82, 2.24) is 9.55 Å². The molecule has 0 saturated heterocycles. The number of hydrogen-bond donors (Lipinski definition) is 0. The van der Waals surface area contributed by atoms with Gasteiger partial charge in [-0.1, -0.05) is 164 Å². The highest BCUT2D eigenvalue weighted by atomic mass is 15.1. The first-order valence-electron chi connectivity index (χ1n) is 19.4. The fraction of sp³-hybridized carbons (Fsp3) is 0.0185. The van der Waals surface area contributed by atoms with Crippen molar-refractivity contribution in [3.8, 4) is 50.5 Å². The standard InChI is InChI=1S/C54H39N3/c1-38-16-6-5-15-33-56(46-29-25-41(26-30-46)39-17-7-2-8-18-39)51-31-27-43(34-48(38)51)44-28-32-53-49(35-44)47-23-13-14-24-52(47)57(53)54-37-45(40-19-9-3-10-20-40)36-50(55-54)42-21-11-4-12-22-42/h2-32,34-37H,1,33H2/b15-5-,16-6-. The SMILES string of the molecule is C=C1/C=C\C=C/CN(c2ccc(-c3ccccc3)cc2)c2ccc(-c3ccc4c(c3)c3ccccc3n4-c3cc(-c4ccccc4)cc(-c4ccccc4)n3)cc21. The minimum Gasteiger partial charge on any atom is -0.337 e. The average Bonchev–Trinajstić information content (AvgIpc) is 3.65. The molecule has 270 valence electrons. The molecule has 57 heavy (non-hydrogen) atoms. The molecule has 0 saturated carbocycles. The summed E-state index contributed by atoms with van der Waals surface area (Å²) in [5.74, 6) is 0.889. The zero-order valence-corrected chi connectivity index (χ0v) is 31.5. The molecule has 1 aliphatic rings. The maximum absolute atomic E-state index is 5.32. The highest BCUT2D eigenvalue weighted by Gasteiger charge is 2.19. The quantitative estimate of drug-likeness (QED) is 0.170. The minimum absolute atomic E-state index is 0.742. The molecule has 0 N–H and O–H groups in total. The number of aromatic nitrogens is 2. The lowest BCUT2D eigenvalue weighted by Crippen LogP contribution is -2.18. The molecule has 0 spiro atoms. The van der Waals surface area contributed by atoms with Crippen LogP contribution in [0.15, 0.2) is 219 Å². The van der Waals surface area contributed by atoms with Crippen molar-refractivity contribution < 1.29 is 0 Å². The van der Waals surface area contributed by atoms with E-state index in [4.69, 9.17) is 4.98 Å². The lowest BCUT2D eigenvalue weighted by molar-refractivity contribution is 1.08. The van der Waals surface area contributed by atoms with Gasteiger partial charge >= 0.3 is 0 Å². The van der Waals surface area contributed by atoms with Gasteiger partial charge in [0.1, 0.15) is 5.82 Å². The number of hydrogen-bond acceptors (Lipinski definition) is 2. The van der Waals surface area contributed by atoms with E-state index >= 15 is 0 Å². The van der Waals surface area contributed by atoms with Gasteiger partial charge < -0.3 is 4.90 Å². The summed E-state index contributed by atoms with van der Waals surface area (Å²) in [4.78, 5) is 7.70. The average molecular weight is 730 g/mol. The van der Waals surface area contributed by atoms with Crippen molar-refractivity contribution in [2.24, 2.45) is 0 Å². The molecule has 0 aliphatic carbocycles. The summed E-state index contributed by atoms with van der Waals surface area (Å²) in [5.41, 5.74) is 15.6. The predicted octanol–water partition coefficient (Wildman–Crippen LogP) is 14.1. The van der Waals surface area contributed by atoms with Crippen molar-refractivity contribution in [2.45, 2.75) is 0 Å². The first-order chi connectivity index (χ1) is 28.2. The Balaban J connectivity index is 1.09. The molecule has 3 nitrogen and oxygen atoms in total. The van der Waals surface area contributed by atoms with E-state index in [9.17, 15) is 0 Å². The van der Waals surface area contributed by atoms with E-state index < -0.39 is 0 Å². The zero-order chi connectivity index (χ0) is 38.1. The Morgan fingerprint density at radius 1 is 0.456 bits per heavy atom. The van der Waals surface area contributed by atoms with Gasteiger partial charge in [-0.15, -0.1) is 0 Å². The number of allylic oxidation sites excluding steroid dienone is 4. The van der Waals surface area contributed by atoms with Gasteiger partial charge in [0.25, 0.3) is 0 Å². The van der Waals surface area contributed by atoms with Gasteiger partial charge in [-0.25, -0.2) is 4.98 Å². The van der Waals surface area contributed by atoms with Crippen molar-refractivity contribution in [1.29, 1.82) is 0 Å². The fourth-order valence-corrected chi connectivity index (χ4v) is 8.11. The molecule has 3 heterocycles. The molecular formula is C54H39N3. The Morgan fingerprint density at radius 3 is 1.81 bits per heavy atom. The number of anilines is 2. The predicted molar refractivity (Wildman–Crippen MR) is 241 cm³/mol. The highest BCUT2D eigenvalue weighted by Crippen LogP contribution is 2.40. The molecule has 0 amide bonds. The third kappa shape index (κ3) is 6.45. The topological polar surface area (TPSA) is 21.1 Å². The van der Waals surface area contributed by atoms with Crippen LogP contribution in [0, 0.1) is 0 Å². The molecule has 3 heteroatoms. The van der Waals surface area contributed by atoms with Crippen LogP contribution in [0.4, 0.5) is 11.4 Å². The van der Waals surface area contributed by atoms with Crippen LogP contribution in [0.1, 0.15) is 5.56 Å². The third-order valence-electron chi connectivity index (χ3n) is 11.0. The molecule has 0 fully saturated rings. The summed E-state index contributed by atoms with van der Waals surface area (Å²) in [6.45, 7) is 5.29. The van der Waals surface area contributed by atoms with Crippen LogP contribution in [0.5, 0.6) is 0 Å². The van der Waals surface area contributed by atoms with Gasteiger partial charge in [0, 0.05) is 39.8 Å². The first-order valence-corrected chi connectivity index (χ1v) is 19.4. The van der Waals surface area contributed by atoms with E-state index in [-0.39, 0.29) is 0 Å². The van der Waals surface area contributed by atoms with E-state index in [0.717, 1.165) is 79.4 Å². The Bertz CT molecular complexity index is 2920. The van der Waals surface area contributed by atoms with Crippen LogP contribution in [-0.4, -0.2) is 16.1 Å². The zero-order valence-electron chi connectivity index (χ0n) is 31.5. The molecule has 0 atom stereocenters. The van der Waals surface area contributed by atoms with Crippen LogP contribution < -0.4 is 4.90 Å². The molecule has 10 rings (SSSR count). The molecule has 9 aromatic rings. The van der Waals surface area contributed by atoms with Crippen molar-refractivity contribution >= 4 is 38.8 Å². The molecule has 0 radical (unpaired) electrons. The van der Waals surface area contributed by atoms with Crippen molar-refractivity contribution in [3.05, 3.63) is 225 Å². The third-order valence-corrected chi connectivity index (χ3v) is 11.0. The largest absolute Gasteiger partial charge is 0.337 e. The van der Waals surface area contributed by atoms with Gasteiger partial charge in [-0.05, 0) is 93.6 Å². The fourth-order valence-electron chi connectivity index (χ4n) is 8.11. The molecule has 0 bridgehead atoms. The van der Waals surface area contributed by atoms with Gasteiger partial charge in [-0.2, -0.15) is 0 Å². The Morgan fingerprint density at radius 2 is 1.05 bits per heavy atom. The highest BCUT2D eigenvalue weighted by molar-refractivity contribution is 6.10. The second-order valence-corrected chi connectivity index (χ2v) is 14.5. The van der Waals surface area contributed by atoms with Gasteiger partial charge in [0.05, 0.1) is 16.7 Å². The number of fused-ring (bicyclic) bond motifs is 4.